The quantitative estimate of drug-likeness (QED) is 0.313. The highest BCUT2D eigenvalue weighted by Gasteiger charge is 2.09. The summed E-state index contributed by atoms with van der Waals surface area (Å²) in [6.45, 7) is 1.24. The number of carbonyl (C=O) groups excluding carboxylic acids is 3. The molecule has 0 aliphatic heterocycles. The fourth-order valence-corrected chi connectivity index (χ4v) is 2.76. The third kappa shape index (κ3) is 7.76. The molecule has 2 aromatic carbocycles. The van der Waals surface area contributed by atoms with Gasteiger partial charge in [-0.3, -0.25) is 14.4 Å². The molecule has 0 fully saturated rings. The molecule has 0 heterocycles. The second-order valence-corrected chi connectivity index (χ2v) is 6.85. The number of benzene rings is 2. The summed E-state index contributed by atoms with van der Waals surface area (Å²) in [6.07, 6.45) is 5.37. The fourth-order valence-electron chi connectivity index (χ4n) is 2.50. The molecule has 9 heteroatoms. The molecule has 0 aliphatic rings. The van der Waals surface area contributed by atoms with Gasteiger partial charge in [-0.25, -0.2) is 0 Å². The lowest BCUT2D eigenvalue weighted by molar-refractivity contribution is -0.122. The number of ketones is 3. The number of hydrogen-bond donors (Lipinski definition) is 0. The molecule has 2 rings (SSSR count). The molecule has 0 atom stereocenters. The first-order chi connectivity index (χ1) is 15.4. The molecule has 0 radical (unpaired) electrons. The summed E-state index contributed by atoms with van der Waals surface area (Å²) in [5.74, 6) is 0.322. The van der Waals surface area contributed by atoms with Crippen molar-refractivity contribution >= 4 is 53.2 Å². The summed E-state index contributed by atoms with van der Waals surface area (Å²) in [5, 5.41) is 0. The van der Waals surface area contributed by atoms with Crippen LogP contribution in [0.3, 0.4) is 0 Å². The Labute approximate surface area is 195 Å². The highest BCUT2D eigenvalue weighted by atomic mass is 35.5. The number of halogens is 2. The minimum atomic E-state index is -0.382. The third-order valence-corrected chi connectivity index (χ3v) is 4.36. The van der Waals surface area contributed by atoms with Gasteiger partial charge < -0.3 is 18.1 Å². The molecule has 0 bridgehead atoms. The van der Waals surface area contributed by atoms with Crippen molar-refractivity contribution in [2.75, 3.05) is 13.7 Å². The molecule has 7 nitrogen and oxygen atoms in total. The number of rotatable bonds is 12. The van der Waals surface area contributed by atoms with Gasteiger partial charge in [0.15, 0.2) is 40.3 Å². The Hall–Kier alpha value is -3.29. The first-order valence-electron chi connectivity index (χ1n) is 9.29. The van der Waals surface area contributed by atoms with Crippen LogP contribution >= 0.6 is 23.7 Å². The zero-order chi connectivity index (χ0) is 23.5. The van der Waals surface area contributed by atoms with E-state index in [4.69, 9.17) is 33.2 Å². The molecular weight excluding hydrogens is 459 g/mol. The molecule has 0 spiro atoms. The normalized spacial score (nSPS) is 10.9. The molecule has 0 amide bonds. The maximum atomic E-state index is 12.1. The van der Waals surface area contributed by atoms with Crippen LogP contribution in [-0.4, -0.2) is 31.1 Å². The zero-order valence-corrected chi connectivity index (χ0v) is 18.8. The Morgan fingerprint density at radius 3 is 1.78 bits per heavy atom. The van der Waals surface area contributed by atoms with Crippen LogP contribution < -0.4 is 18.1 Å². The van der Waals surface area contributed by atoms with Crippen LogP contribution in [0.4, 0.5) is 0 Å². The molecule has 0 saturated carbocycles. The predicted molar refractivity (Wildman–Crippen MR) is 121 cm³/mol. The number of ether oxygens (including phenoxy) is 2. The van der Waals surface area contributed by atoms with E-state index in [0.29, 0.717) is 22.6 Å². The van der Waals surface area contributed by atoms with Gasteiger partial charge in [-0.2, -0.15) is 0 Å². The van der Waals surface area contributed by atoms with Gasteiger partial charge in [-0.15, -0.1) is 0 Å². The maximum Gasteiger partial charge on any atom is 0.188 e. The molecular formula is C23H20Cl2O7. The topological polar surface area (TPSA) is 88.1 Å². The van der Waals surface area contributed by atoms with E-state index in [1.165, 1.54) is 38.3 Å². The summed E-state index contributed by atoms with van der Waals surface area (Å²) in [4.78, 5) is 35.3. The van der Waals surface area contributed by atoms with Crippen molar-refractivity contribution in [2.24, 2.45) is 0 Å². The summed E-state index contributed by atoms with van der Waals surface area (Å²) in [5.41, 5.74) is 1.28. The van der Waals surface area contributed by atoms with Crippen LogP contribution in [0.5, 0.6) is 23.0 Å². The van der Waals surface area contributed by atoms with Crippen molar-refractivity contribution in [1.29, 1.82) is 0 Å². The lowest BCUT2D eigenvalue weighted by Gasteiger charge is -2.08. The molecule has 168 valence electrons. The zero-order valence-electron chi connectivity index (χ0n) is 17.3. The summed E-state index contributed by atoms with van der Waals surface area (Å²) in [6, 6.07) is 9.67. The average molecular weight is 479 g/mol. The minimum absolute atomic E-state index is 0.145. The predicted octanol–water partition coefficient (Wildman–Crippen LogP) is 4.98. The monoisotopic (exact) mass is 478 g/mol. The lowest BCUT2D eigenvalue weighted by Crippen LogP contribution is -2.07. The first kappa shape index (κ1) is 25.0. The summed E-state index contributed by atoms with van der Waals surface area (Å²) < 4.78 is 19.8. The van der Waals surface area contributed by atoms with E-state index in [0.717, 1.165) is 0 Å². The van der Waals surface area contributed by atoms with E-state index in [9.17, 15) is 14.4 Å². The van der Waals surface area contributed by atoms with E-state index in [2.05, 4.69) is 8.58 Å². The van der Waals surface area contributed by atoms with Gasteiger partial charge >= 0.3 is 0 Å². The van der Waals surface area contributed by atoms with Crippen LogP contribution in [0.15, 0.2) is 48.6 Å². The van der Waals surface area contributed by atoms with Crippen LogP contribution in [0.2, 0.25) is 0 Å². The van der Waals surface area contributed by atoms with Crippen molar-refractivity contribution < 1.29 is 32.4 Å². The van der Waals surface area contributed by atoms with Crippen molar-refractivity contribution in [1.82, 2.24) is 0 Å². The number of carbonyl (C=O) groups is 3. The molecule has 0 N–H and O–H groups in total. The minimum Gasteiger partial charge on any atom is -0.493 e. The number of Topliss-reactive ketones (excluding diaryl/α,β-unsaturated/α-hetero) is 1. The van der Waals surface area contributed by atoms with Gasteiger partial charge in [-0.1, -0.05) is 24.3 Å². The van der Waals surface area contributed by atoms with Crippen LogP contribution in [0.25, 0.3) is 12.2 Å². The standard InChI is InChI=1S/C23H20Cl2O7/c1-15(26)14-30-23-12-17(6-10-21(23)32-25)4-8-19(28)13-18(27)7-3-16-5-9-20(31-24)22(11-16)29-2/h3-12H,13-14H2,1-2H3/b7-3+,8-4+. The Morgan fingerprint density at radius 1 is 0.812 bits per heavy atom. The maximum absolute atomic E-state index is 12.1. The lowest BCUT2D eigenvalue weighted by atomic mass is 10.1. The van der Waals surface area contributed by atoms with E-state index in [-0.39, 0.29) is 41.9 Å². The largest absolute Gasteiger partial charge is 0.493 e. The van der Waals surface area contributed by atoms with Crippen LogP contribution in [-0.2, 0) is 14.4 Å². The van der Waals surface area contributed by atoms with Crippen molar-refractivity contribution in [3.05, 3.63) is 59.7 Å². The third-order valence-electron chi connectivity index (χ3n) is 4.02. The highest BCUT2D eigenvalue weighted by Crippen LogP contribution is 2.30. The summed E-state index contributed by atoms with van der Waals surface area (Å²) >= 11 is 10.7. The Bertz CT molecular complexity index is 1040. The van der Waals surface area contributed by atoms with Crippen molar-refractivity contribution in [3.8, 4) is 23.0 Å². The average Bonchev–Trinajstić information content (AvgIpc) is 2.79. The van der Waals surface area contributed by atoms with Crippen LogP contribution in [0.1, 0.15) is 24.5 Å². The van der Waals surface area contributed by atoms with Crippen molar-refractivity contribution in [3.63, 3.8) is 0 Å². The Morgan fingerprint density at radius 2 is 1.31 bits per heavy atom. The highest BCUT2D eigenvalue weighted by molar-refractivity contribution is 6.11. The van der Waals surface area contributed by atoms with Gasteiger partial charge in [0.2, 0.25) is 0 Å². The van der Waals surface area contributed by atoms with Crippen LogP contribution in [0, 0.1) is 0 Å². The fraction of sp³-hybridized carbons (Fsp3) is 0.174. The van der Waals surface area contributed by atoms with Gasteiger partial charge in [0.05, 0.1) is 13.5 Å². The molecule has 0 aromatic heterocycles. The number of allylic oxidation sites excluding steroid dienone is 2. The molecule has 0 saturated heterocycles. The molecule has 0 aliphatic carbocycles. The van der Waals surface area contributed by atoms with Gasteiger partial charge in [0.1, 0.15) is 30.3 Å². The second-order valence-electron chi connectivity index (χ2n) is 6.54. The van der Waals surface area contributed by atoms with Crippen molar-refractivity contribution in [2.45, 2.75) is 13.3 Å². The van der Waals surface area contributed by atoms with Gasteiger partial charge in [-0.05, 0) is 54.5 Å². The Kier molecular flexibility index (Phi) is 9.78. The molecule has 0 unspecified atom stereocenters. The van der Waals surface area contributed by atoms with E-state index < -0.39 is 0 Å². The number of methoxy groups -OCH3 is 1. The second kappa shape index (κ2) is 12.5. The molecule has 2 aromatic rings. The van der Waals surface area contributed by atoms with E-state index in [1.54, 1.807) is 36.4 Å². The van der Waals surface area contributed by atoms with Gasteiger partial charge in [0.25, 0.3) is 0 Å². The summed E-state index contributed by atoms with van der Waals surface area (Å²) in [7, 11) is 1.47. The van der Waals surface area contributed by atoms with Gasteiger partial charge in [0, 0.05) is 0 Å². The Balaban J connectivity index is 1.99. The van der Waals surface area contributed by atoms with E-state index >= 15 is 0 Å². The molecule has 32 heavy (non-hydrogen) atoms. The number of hydrogen-bond acceptors (Lipinski definition) is 7. The van der Waals surface area contributed by atoms with E-state index in [1.807, 2.05) is 0 Å². The smallest absolute Gasteiger partial charge is 0.188 e. The SMILES string of the molecule is COc1cc(/C=C/C(=O)CC(=O)/C=C/c2ccc(OCl)c(OCC(C)=O)c2)ccc1OCl. The first-order valence-corrected chi connectivity index (χ1v) is 9.91.